The number of carbonyl (C=O) groups is 2. The van der Waals surface area contributed by atoms with E-state index in [0.717, 1.165) is 22.3 Å². The molecule has 3 atom stereocenters. The van der Waals surface area contributed by atoms with Crippen LogP contribution in [0.15, 0.2) is 49.0 Å². The van der Waals surface area contributed by atoms with Crippen molar-refractivity contribution < 1.29 is 23.8 Å². The van der Waals surface area contributed by atoms with Crippen LogP contribution >= 0.6 is 0 Å². The zero-order chi connectivity index (χ0) is 21.4. The van der Waals surface area contributed by atoms with E-state index in [-0.39, 0.29) is 24.2 Å². The summed E-state index contributed by atoms with van der Waals surface area (Å²) in [7, 11) is 0. The van der Waals surface area contributed by atoms with E-state index in [1.54, 1.807) is 0 Å². The molecule has 6 heteroatoms. The number of hydrogen-bond donors (Lipinski definition) is 1. The lowest BCUT2D eigenvalue weighted by Gasteiger charge is -2.20. The first-order chi connectivity index (χ1) is 14.3. The standard InChI is InChI=1S/C24H24FNO4/c1-14(2)16-6-7-17-13-21-23(19(17)12-16)26(24(29)30-21)22(28)5-3-4-20(27)15-8-10-18(25)11-9-15/h6-12,20-21,23,27H,1,3-5,13H2,2H3. The van der Waals surface area contributed by atoms with Crippen molar-refractivity contribution in [2.75, 3.05) is 0 Å². The highest BCUT2D eigenvalue weighted by molar-refractivity contribution is 5.94. The maximum Gasteiger partial charge on any atom is 0.417 e. The second-order valence-electron chi connectivity index (χ2n) is 7.99. The monoisotopic (exact) mass is 409 g/mol. The summed E-state index contributed by atoms with van der Waals surface area (Å²) in [4.78, 5) is 26.5. The summed E-state index contributed by atoms with van der Waals surface area (Å²) in [6, 6.07) is 11.2. The molecule has 2 aliphatic rings. The van der Waals surface area contributed by atoms with Gasteiger partial charge < -0.3 is 9.84 Å². The Hall–Kier alpha value is -2.99. The lowest BCUT2D eigenvalue weighted by atomic mass is 9.99. The Morgan fingerprint density at radius 1 is 1.30 bits per heavy atom. The third kappa shape index (κ3) is 3.75. The Labute approximate surface area is 174 Å². The number of amides is 2. The number of aliphatic hydroxyl groups is 1. The molecule has 156 valence electrons. The number of allylic oxidation sites excluding steroid dienone is 1. The summed E-state index contributed by atoms with van der Waals surface area (Å²) in [5, 5.41) is 10.3. The molecule has 0 radical (unpaired) electrons. The Morgan fingerprint density at radius 3 is 2.73 bits per heavy atom. The number of imide groups is 1. The van der Waals surface area contributed by atoms with E-state index in [2.05, 4.69) is 6.58 Å². The van der Waals surface area contributed by atoms with Crippen LogP contribution in [0.3, 0.4) is 0 Å². The first-order valence-electron chi connectivity index (χ1n) is 10.1. The molecule has 0 saturated carbocycles. The van der Waals surface area contributed by atoms with Crippen molar-refractivity contribution in [3.8, 4) is 0 Å². The van der Waals surface area contributed by atoms with Gasteiger partial charge in [-0.25, -0.2) is 14.1 Å². The zero-order valence-electron chi connectivity index (χ0n) is 16.8. The highest BCUT2D eigenvalue weighted by Gasteiger charge is 2.50. The van der Waals surface area contributed by atoms with Crippen LogP contribution in [0.4, 0.5) is 9.18 Å². The quantitative estimate of drug-likeness (QED) is 0.751. The van der Waals surface area contributed by atoms with E-state index < -0.39 is 18.2 Å². The smallest absolute Gasteiger partial charge is 0.417 e. The van der Waals surface area contributed by atoms with E-state index in [1.165, 1.54) is 29.2 Å². The molecule has 2 aromatic rings. The van der Waals surface area contributed by atoms with Crippen molar-refractivity contribution >= 4 is 17.6 Å². The first kappa shape index (κ1) is 20.3. The second-order valence-corrected chi connectivity index (χ2v) is 7.99. The van der Waals surface area contributed by atoms with Crippen molar-refractivity contribution in [1.82, 2.24) is 4.90 Å². The maximum atomic E-state index is 13.0. The first-order valence-corrected chi connectivity index (χ1v) is 10.1. The number of benzene rings is 2. The largest absolute Gasteiger partial charge is 0.443 e. The summed E-state index contributed by atoms with van der Waals surface area (Å²) in [6.45, 7) is 5.89. The number of fused-ring (bicyclic) bond motifs is 3. The van der Waals surface area contributed by atoms with Gasteiger partial charge in [0.2, 0.25) is 5.91 Å². The Balaban J connectivity index is 1.43. The maximum absolute atomic E-state index is 13.0. The van der Waals surface area contributed by atoms with Crippen molar-refractivity contribution in [2.45, 2.75) is 50.9 Å². The van der Waals surface area contributed by atoms with Crippen molar-refractivity contribution in [3.05, 3.63) is 77.1 Å². The van der Waals surface area contributed by atoms with E-state index in [1.807, 2.05) is 25.1 Å². The van der Waals surface area contributed by atoms with Crippen molar-refractivity contribution in [1.29, 1.82) is 0 Å². The molecule has 1 saturated heterocycles. The fourth-order valence-corrected chi connectivity index (χ4v) is 4.24. The van der Waals surface area contributed by atoms with Crippen LogP contribution in [0.5, 0.6) is 0 Å². The number of rotatable bonds is 6. The lowest BCUT2D eigenvalue weighted by molar-refractivity contribution is -0.129. The van der Waals surface area contributed by atoms with Crippen molar-refractivity contribution in [2.24, 2.45) is 0 Å². The minimum atomic E-state index is -0.790. The average Bonchev–Trinajstić information content (AvgIpc) is 3.21. The van der Waals surface area contributed by atoms with Gasteiger partial charge in [0.1, 0.15) is 18.0 Å². The van der Waals surface area contributed by atoms with Gasteiger partial charge in [-0.05, 0) is 60.2 Å². The Morgan fingerprint density at radius 2 is 2.03 bits per heavy atom. The molecule has 2 aromatic carbocycles. The summed E-state index contributed by atoms with van der Waals surface area (Å²) in [5.74, 6) is -0.678. The molecule has 0 aromatic heterocycles. The van der Waals surface area contributed by atoms with Crippen LogP contribution in [0.2, 0.25) is 0 Å². The van der Waals surface area contributed by atoms with E-state index in [0.29, 0.717) is 24.8 Å². The lowest BCUT2D eigenvalue weighted by Crippen LogP contribution is -2.34. The molecule has 0 spiro atoms. The van der Waals surface area contributed by atoms with Gasteiger partial charge in [-0.1, -0.05) is 36.4 Å². The Bertz CT molecular complexity index is 1000. The molecular formula is C24H24FNO4. The third-order valence-corrected chi connectivity index (χ3v) is 5.85. The molecule has 5 nitrogen and oxygen atoms in total. The second kappa shape index (κ2) is 8.03. The number of nitrogens with zero attached hydrogens (tertiary/aromatic N) is 1. The molecule has 1 fully saturated rings. The molecule has 1 N–H and O–H groups in total. The van der Waals surface area contributed by atoms with Crippen LogP contribution in [-0.4, -0.2) is 28.1 Å². The summed E-state index contributed by atoms with van der Waals surface area (Å²) < 4.78 is 18.5. The molecule has 2 amide bonds. The van der Waals surface area contributed by atoms with Crippen LogP contribution in [0.25, 0.3) is 5.57 Å². The van der Waals surface area contributed by atoms with E-state index in [9.17, 15) is 19.1 Å². The minimum absolute atomic E-state index is 0.117. The minimum Gasteiger partial charge on any atom is -0.443 e. The zero-order valence-corrected chi connectivity index (χ0v) is 16.8. The van der Waals surface area contributed by atoms with Gasteiger partial charge in [-0.3, -0.25) is 4.79 Å². The number of hydrogen-bond acceptors (Lipinski definition) is 4. The van der Waals surface area contributed by atoms with Gasteiger partial charge >= 0.3 is 6.09 Å². The topological polar surface area (TPSA) is 66.8 Å². The predicted octanol–water partition coefficient (Wildman–Crippen LogP) is 4.71. The van der Waals surface area contributed by atoms with E-state index in [4.69, 9.17) is 4.74 Å². The third-order valence-electron chi connectivity index (χ3n) is 5.85. The van der Waals surface area contributed by atoms with Crippen LogP contribution in [0, 0.1) is 5.82 Å². The summed E-state index contributed by atoms with van der Waals surface area (Å²) >= 11 is 0. The SMILES string of the molecule is C=C(C)c1ccc2c(c1)C1C(C2)OC(=O)N1C(=O)CCCC(O)c1ccc(F)cc1. The van der Waals surface area contributed by atoms with Gasteiger partial charge in [-0.15, -0.1) is 0 Å². The van der Waals surface area contributed by atoms with Crippen molar-refractivity contribution in [3.63, 3.8) is 0 Å². The highest BCUT2D eigenvalue weighted by atomic mass is 19.1. The molecule has 1 heterocycles. The van der Waals surface area contributed by atoms with Crippen LogP contribution in [0.1, 0.15) is 60.6 Å². The van der Waals surface area contributed by atoms with Gasteiger partial charge in [0.25, 0.3) is 0 Å². The molecule has 3 unspecified atom stereocenters. The summed E-state index contributed by atoms with van der Waals surface area (Å²) in [5.41, 5.74) is 4.50. The fourth-order valence-electron chi connectivity index (χ4n) is 4.24. The average molecular weight is 409 g/mol. The normalized spacial score (nSPS) is 20.5. The van der Waals surface area contributed by atoms with Gasteiger partial charge in [-0.2, -0.15) is 0 Å². The molecule has 30 heavy (non-hydrogen) atoms. The predicted molar refractivity (Wildman–Crippen MR) is 110 cm³/mol. The number of carbonyl (C=O) groups excluding carboxylic acids is 2. The fraction of sp³-hybridized carbons (Fsp3) is 0.333. The molecule has 1 aliphatic carbocycles. The molecule has 1 aliphatic heterocycles. The van der Waals surface area contributed by atoms with Gasteiger partial charge in [0, 0.05) is 12.8 Å². The Kier molecular flexibility index (Phi) is 5.43. The number of ether oxygens (including phenoxy) is 1. The molecule has 0 bridgehead atoms. The van der Waals surface area contributed by atoms with Crippen LogP contribution < -0.4 is 0 Å². The molecule has 4 rings (SSSR count). The summed E-state index contributed by atoms with van der Waals surface area (Å²) in [6.07, 6.45) is -0.312. The number of aliphatic hydroxyl groups excluding tert-OH is 1. The van der Waals surface area contributed by atoms with Gasteiger partial charge in [0.15, 0.2) is 0 Å². The highest BCUT2D eigenvalue weighted by Crippen LogP contribution is 2.43. The number of halogens is 1. The van der Waals surface area contributed by atoms with Crippen LogP contribution in [-0.2, 0) is 16.0 Å². The molecular weight excluding hydrogens is 385 g/mol. The van der Waals surface area contributed by atoms with Gasteiger partial charge in [0.05, 0.1) is 6.10 Å². The van der Waals surface area contributed by atoms with E-state index >= 15 is 0 Å².